The van der Waals surface area contributed by atoms with Gasteiger partial charge in [-0.25, -0.2) is 9.97 Å². The lowest BCUT2D eigenvalue weighted by molar-refractivity contribution is 0.876. The van der Waals surface area contributed by atoms with Crippen molar-refractivity contribution in [3.8, 4) is 11.8 Å². The lowest BCUT2D eigenvalue weighted by Crippen LogP contribution is -2.02. The van der Waals surface area contributed by atoms with Gasteiger partial charge >= 0.3 is 0 Å². The standard InChI is InChI=1S/C16H13ClN4/c1-11(17)15-20-14-3-2-10-19-16(14)21(15)13-6-4-12(5-7-13)8-9-18/h2-7,10-11H,8H2,1H3. The largest absolute Gasteiger partial charge is 0.279 e. The maximum absolute atomic E-state index is 8.74. The SMILES string of the molecule is CC(Cl)c1nc2cccnc2n1-c1ccc(CC#N)cc1. The third-order valence-electron chi connectivity index (χ3n) is 3.28. The summed E-state index contributed by atoms with van der Waals surface area (Å²) >= 11 is 6.26. The van der Waals surface area contributed by atoms with Crippen LogP contribution in [-0.2, 0) is 6.42 Å². The van der Waals surface area contributed by atoms with Gasteiger partial charge in [0.25, 0.3) is 0 Å². The van der Waals surface area contributed by atoms with Gasteiger partial charge in [-0.2, -0.15) is 5.26 Å². The van der Waals surface area contributed by atoms with Crippen LogP contribution in [0.2, 0.25) is 0 Å². The van der Waals surface area contributed by atoms with Crippen LogP contribution in [0.1, 0.15) is 23.7 Å². The number of benzene rings is 1. The number of hydrogen-bond acceptors (Lipinski definition) is 3. The second kappa shape index (κ2) is 5.55. The van der Waals surface area contributed by atoms with E-state index in [0.717, 1.165) is 28.2 Å². The van der Waals surface area contributed by atoms with Crippen LogP contribution in [0.3, 0.4) is 0 Å². The number of alkyl halides is 1. The fourth-order valence-corrected chi connectivity index (χ4v) is 2.45. The molecule has 2 heterocycles. The molecule has 0 spiro atoms. The minimum atomic E-state index is -0.224. The maximum Gasteiger partial charge on any atom is 0.164 e. The predicted octanol–water partition coefficient (Wildman–Crippen LogP) is 3.79. The Labute approximate surface area is 127 Å². The van der Waals surface area contributed by atoms with E-state index in [-0.39, 0.29) is 5.38 Å². The number of fused-ring (bicyclic) bond motifs is 1. The first-order chi connectivity index (χ1) is 10.2. The van der Waals surface area contributed by atoms with Crippen molar-refractivity contribution in [3.05, 3.63) is 54.0 Å². The molecule has 1 unspecified atom stereocenters. The molecule has 0 saturated carbocycles. The van der Waals surface area contributed by atoms with Crippen molar-refractivity contribution >= 4 is 22.8 Å². The van der Waals surface area contributed by atoms with Crippen molar-refractivity contribution < 1.29 is 0 Å². The van der Waals surface area contributed by atoms with Crippen molar-refractivity contribution in [2.24, 2.45) is 0 Å². The third-order valence-corrected chi connectivity index (χ3v) is 3.47. The van der Waals surface area contributed by atoms with Crippen LogP contribution in [0, 0.1) is 11.3 Å². The zero-order valence-corrected chi connectivity index (χ0v) is 12.2. The smallest absolute Gasteiger partial charge is 0.164 e. The van der Waals surface area contributed by atoms with Gasteiger partial charge in [0.05, 0.1) is 17.9 Å². The van der Waals surface area contributed by atoms with E-state index >= 15 is 0 Å². The number of pyridine rings is 1. The van der Waals surface area contributed by atoms with Gasteiger partial charge in [0, 0.05) is 11.9 Å². The number of aromatic nitrogens is 3. The molecule has 5 heteroatoms. The molecular formula is C16H13ClN4. The summed E-state index contributed by atoms with van der Waals surface area (Å²) in [5.41, 5.74) is 3.54. The number of halogens is 1. The summed E-state index contributed by atoms with van der Waals surface area (Å²) in [4.78, 5) is 8.97. The van der Waals surface area contributed by atoms with Crippen LogP contribution in [0.5, 0.6) is 0 Å². The van der Waals surface area contributed by atoms with Gasteiger partial charge < -0.3 is 0 Å². The molecule has 0 saturated heterocycles. The first kappa shape index (κ1) is 13.6. The van der Waals surface area contributed by atoms with Gasteiger partial charge in [-0.15, -0.1) is 11.6 Å². The Bertz CT molecular complexity index is 812. The van der Waals surface area contributed by atoms with Crippen molar-refractivity contribution in [1.29, 1.82) is 5.26 Å². The van der Waals surface area contributed by atoms with E-state index in [2.05, 4.69) is 16.0 Å². The normalized spacial score (nSPS) is 12.2. The Hall–Kier alpha value is -2.38. The molecule has 1 atom stereocenters. The molecule has 104 valence electrons. The lowest BCUT2D eigenvalue weighted by Gasteiger charge is -2.10. The molecule has 0 radical (unpaired) electrons. The first-order valence-electron chi connectivity index (χ1n) is 6.64. The molecule has 21 heavy (non-hydrogen) atoms. The van der Waals surface area contributed by atoms with Crippen LogP contribution in [0.25, 0.3) is 16.9 Å². The summed E-state index contributed by atoms with van der Waals surface area (Å²) < 4.78 is 1.96. The van der Waals surface area contributed by atoms with E-state index < -0.39 is 0 Å². The molecule has 2 aromatic heterocycles. The van der Waals surface area contributed by atoms with E-state index in [4.69, 9.17) is 16.9 Å². The zero-order valence-electron chi connectivity index (χ0n) is 11.5. The maximum atomic E-state index is 8.74. The van der Waals surface area contributed by atoms with E-state index in [1.54, 1.807) is 6.20 Å². The topological polar surface area (TPSA) is 54.5 Å². The lowest BCUT2D eigenvalue weighted by atomic mass is 10.1. The van der Waals surface area contributed by atoms with Gasteiger partial charge in [-0.3, -0.25) is 4.57 Å². The molecule has 3 rings (SSSR count). The summed E-state index contributed by atoms with van der Waals surface area (Å²) in [5.74, 6) is 0.762. The number of rotatable bonds is 3. The summed E-state index contributed by atoms with van der Waals surface area (Å²) in [6.45, 7) is 1.89. The first-order valence-corrected chi connectivity index (χ1v) is 7.08. The van der Waals surface area contributed by atoms with E-state index in [9.17, 15) is 0 Å². The molecule has 0 bridgehead atoms. The fraction of sp³-hybridized carbons (Fsp3) is 0.188. The molecule has 3 aromatic rings. The van der Waals surface area contributed by atoms with Crippen LogP contribution < -0.4 is 0 Å². The van der Waals surface area contributed by atoms with Gasteiger partial charge in [0.1, 0.15) is 11.3 Å². The van der Waals surface area contributed by atoms with Crippen molar-refractivity contribution in [1.82, 2.24) is 14.5 Å². The third kappa shape index (κ3) is 2.48. The van der Waals surface area contributed by atoms with Crippen LogP contribution in [0.4, 0.5) is 0 Å². The summed E-state index contributed by atoms with van der Waals surface area (Å²) in [5, 5.41) is 8.51. The van der Waals surface area contributed by atoms with Crippen molar-refractivity contribution in [2.75, 3.05) is 0 Å². The van der Waals surface area contributed by atoms with E-state index in [0.29, 0.717) is 6.42 Å². The van der Waals surface area contributed by atoms with Crippen molar-refractivity contribution in [2.45, 2.75) is 18.7 Å². The Morgan fingerprint density at radius 1 is 1.29 bits per heavy atom. The highest BCUT2D eigenvalue weighted by molar-refractivity contribution is 6.20. The highest BCUT2D eigenvalue weighted by Gasteiger charge is 2.16. The van der Waals surface area contributed by atoms with E-state index in [1.807, 2.05) is 47.9 Å². The Morgan fingerprint density at radius 2 is 2.05 bits per heavy atom. The average Bonchev–Trinajstić information content (AvgIpc) is 2.88. The highest BCUT2D eigenvalue weighted by Crippen LogP contribution is 2.27. The molecule has 4 nitrogen and oxygen atoms in total. The second-order valence-electron chi connectivity index (χ2n) is 4.77. The van der Waals surface area contributed by atoms with Crippen LogP contribution in [0.15, 0.2) is 42.6 Å². The number of nitriles is 1. The number of hydrogen-bond donors (Lipinski definition) is 0. The molecule has 0 N–H and O–H groups in total. The van der Waals surface area contributed by atoms with Gasteiger partial charge in [0.2, 0.25) is 0 Å². The minimum Gasteiger partial charge on any atom is -0.279 e. The summed E-state index contributed by atoms with van der Waals surface area (Å²) in [7, 11) is 0. The zero-order chi connectivity index (χ0) is 14.8. The van der Waals surface area contributed by atoms with Crippen LogP contribution in [-0.4, -0.2) is 14.5 Å². The van der Waals surface area contributed by atoms with Gasteiger partial charge in [-0.05, 0) is 36.8 Å². The number of imidazole rings is 1. The van der Waals surface area contributed by atoms with Gasteiger partial charge in [0.15, 0.2) is 5.65 Å². The molecule has 0 fully saturated rings. The fourth-order valence-electron chi connectivity index (χ4n) is 2.31. The predicted molar refractivity (Wildman–Crippen MR) is 82.5 cm³/mol. The second-order valence-corrected chi connectivity index (χ2v) is 5.42. The highest BCUT2D eigenvalue weighted by atomic mass is 35.5. The average molecular weight is 297 g/mol. The number of nitrogens with zero attached hydrogens (tertiary/aromatic N) is 4. The quantitative estimate of drug-likeness (QED) is 0.691. The van der Waals surface area contributed by atoms with Crippen LogP contribution >= 0.6 is 11.6 Å². The molecule has 0 amide bonds. The summed E-state index contributed by atoms with van der Waals surface area (Å²) in [6.07, 6.45) is 2.15. The Kier molecular flexibility index (Phi) is 3.59. The molecule has 0 aliphatic rings. The van der Waals surface area contributed by atoms with Gasteiger partial charge in [-0.1, -0.05) is 12.1 Å². The van der Waals surface area contributed by atoms with E-state index in [1.165, 1.54) is 0 Å². The monoisotopic (exact) mass is 296 g/mol. The molecule has 1 aromatic carbocycles. The summed E-state index contributed by atoms with van der Waals surface area (Å²) in [6, 6.07) is 13.7. The van der Waals surface area contributed by atoms with Crippen molar-refractivity contribution in [3.63, 3.8) is 0 Å². The minimum absolute atomic E-state index is 0.224. The molecule has 0 aliphatic heterocycles. The Morgan fingerprint density at radius 3 is 2.71 bits per heavy atom. The Balaban J connectivity index is 2.18. The molecule has 0 aliphatic carbocycles. The molecular weight excluding hydrogens is 284 g/mol.